The molecule has 1 amide bonds. The molecule has 1 atom stereocenters. The average Bonchev–Trinajstić information content (AvgIpc) is 2.99. The number of nitrogens with two attached hydrogens (primary N) is 1. The number of amides is 1. The Morgan fingerprint density at radius 2 is 1.89 bits per heavy atom. The molecule has 0 bridgehead atoms. The molecule has 0 aliphatic heterocycles. The molecule has 1 heterocycles. The van der Waals surface area contributed by atoms with Crippen LogP contribution in [-0.4, -0.2) is 26.0 Å². The molecular weight excluding hydrogens is 372 g/mol. The highest BCUT2D eigenvalue weighted by Gasteiger charge is 2.20. The molecule has 0 saturated heterocycles. The molecule has 0 saturated carbocycles. The molecule has 0 radical (unpaired) electrons. The fourth-order valence-corrected chi connectivity index (χ4v) is 3.05. The van der Waals surface area contributed by atoms with Crippen LogP contribution in [0.4, 0.5) is 14.5 Å². The molecule has 0 aliphatic rings. The van der Waals surface area contributed by atoms with Crippen LogP contribution >= 0.6 is 11.8 Å². The third-order valence-corrected chi connectivity index (χ3v) is 4.91. The minimum Gasteiger partial charge on any atom is -0.335 e. The smallest absolute Gasteiger partial charge is 0.237 e. The van der Waals surface area contributed by atoms with E-state index in [1.165, 1.54) is 22.9 Å². The molecule has 0 aliphatic carbocycles. The van der Waals surface area contributed by atoms with Gasteiger partial charge in [-0.15, -0.1) is 10.2 Å². The number of rotatable bonds is 5. The number of carbonyl (C=O) groups excluding carboxylic acids is 1. The Morgan fingerprint density at radius 3 is 2.56 bits per heavy atom. The number of hydrogen-bond donors (Lipinski definition) is 2. The molecule has 0 spiro atoms. The van der Waals surface area contributed by atoms with Gasteiger partial charge < -0.3 is 11.2 Å². The molecule has 1 aromatic heterocycles. The molecule has 2 aromatic carbocycles. The van der Waals surface area contributed by atoms with E-state index in [1.54, 1.807) is 38.1 Å². The number of nitrogens with zero attached hydrogens (tertiary/aromatic N) is 3. The van der Waals surface area contributed by atoms with E-state index in [4.69, 9.17) is 5.84 Å². The Balaban J connectivity index is 1.70. The van der Waals surface area contributed by atoms with Crippen LogP contribution < -0.4 is 11.2 Å². The Kier molecular flexibility index (Phi) is 5.41. The van der Waals surface area contributed by atoms with Crippen molar-refractivity contribution < 1.29 is 13.6 Å². The molecule has 3 aromatic rings. The average molecular weight is 389 g/mol. The van der Waals surface area contributed by atoms with Gasteiger partial charge in [-0.3, -0.25) is 4.79 Å². The van der Waals surface area contributed by atoms with E-state index in [1.807, 2.05) is 0 Å². The first-order chi connectivity index (χ1) is 12.8. The summed E-state index contributed by atoms with van der Waals surface area (Å²) in [7, 11) is 0. The lowest BCUT2D eigenvalue weighted by atomic mass is 10.2. The van der Waals surface area contributed by atoms with Crippen LogP contribution in [0, 0.1) is 18.6 Å². The van der Waals surface area contributed by atoms with Gasteiger partial charge in [0.05, 0.1) is 5.25 Å². The molecule has 27 heavy (non-hydrogen) atoms. The van der Waals surface area contributed by atoms with Crippen LogP contribution in [0.25, 0.3) is 11.4 Å². The molecule has 140 valence electrons. The first-order valence-electron chi connectivity index (χ1n) is 8.05. The quantitative estimate of drug-likeness (QED) is 0.516. The lowest BCUT2D eigenvalue weighted by Crippen LogP contribution is -2.23. The number of nitrogen functional groups attached to an aromatic ring is 1. The van der Waals surface area contributed by atoms with Gasteiger partial charge in [-0.1, -0.05) is 17.8 Å². The second-order valence-electron chi connectivity index (χ2n) is 5.90. The first-order valence-corrected chi connectivity index (χ1v) is 8.93. The van der Waals surface area contributed by atoms with Gasteiger partial charge in [-0.05, 0) is 55.8 Å². The predicted octanol–water partition coefficient (Wildman–Crippen LogP) is 3.36. The van der Waals surface area contributed by atoms with Gasteiger partial charge in [0, 0.05) is 11.3 Å². The largest absolute Gasteiger partial charge is 0.335 e. The SMILES string of the molecule is Cc1ccc(NC(=O)[C@@H](C)Sc2nnc(-c3ccc(F)cc3)n2N)cc1F. The Morgan fingerprint density at radius 1 is 1.19 bits per heavy atom. The standard InChI is InChI=1S/C18H17F2N5OS/c1-10-3-8-14(9-15(10)20)22-17(26)11(2)27-18-24-23-16(25(18)21)12-4-6-13(19)7-5-12/h3-9,11H,21H2,1-2H3,(H,22,26)/t11-/m1/s1. The number of anilines is 1. The minimum absolute atomic E-state index is 0.324. The fraction of sp³-hybridized carbons (Fsp3) is 0.167. The molecule has 3 rings (SSSR count). The summed E-state index contributed by atoms with van der Waals surface area (Å²) >= 11 is 1.11. The number of aryl methyl sites for hydroxylation is 1. The van der Waals surface area contributed by atoms with Crippen LogP contribution in [0.1, 0.15) is 12.5 Å². The maximum Gasteiger partial charge on any atom is 0.237 e. The second kappa shape index (κ2) is 7.75. The third kappa shape index (κ3) is 4.25. The van der Waals surface area contributed by atoms with Crippen LogP contribution in [0.5, 0.6) is 0 Å². The zero-order valence-corrected chi connectivity index (χ0v) is 15.4. The molecule has 0 fully saturated rings. The van der Waals surface area contributed by atoms with Crippen LogP contribution in [-0.2, 0) is 4.79 Å². The highest BCUT2D eigenvalue weighted by molar-refractivity contribution is 8.00. The van der Waals surface area contributed by atoms with Crippen molar-refractivity contribution in [2.45, 2.75) is 24.3 Å². The van der Waals surface area contributed by atoms with Crippen molar-refractivity contribution in [3.05, 3.63) is 59.7 Å². The number of carbonyl (C=O) groups is 1. The summed E-state index contributed by atoms with van der Waals surface area (Å²) in [6.07, 6.45) is 0. The topological polar surface area (TPSA) is 85.8 Å². The first kappa shape index (κ1) is 18.8. The van der Waals surface area contributed by atoms with Crippen molar-refractivity contribution in [1.29, 1.82) is 0 Å². The van der Waals surface area contributed by atoms with E-state index in [-0.39, 0.29) is 11.7 Å². The Hall–Kier alpha value is -2.94. The van der Waals surface area contributed by atoms with Gasteiger partial charge in [-0.25, -0.2) is 13.5 Å². The number of hydrogen-bond acceptors (Lipinski definition) is 5. The van der Waals surface area contributed by atoms with Gasteiger partial charge >= 0.3 is 0 Å². The van der Waals surface area contributed by atoms with E-state index in [0.29, 0.717) is 27.8 Å². The van der Waals surface area contributed by atoms with Crippen LogP contribution in [0.3, 0.4) is 0 Å². The zero-order chi connectivity index (χ0) is 19.6. The monoisotopic (exact) mass is 389 g/mol. The maximum absolute atomic E-state index is 13.6. The van der Waals surface area contributed by atoms with Gasteiger partial charge in [0.15, 0.2) is 5.82 Å². The summed E-state index contributed by atoms with van der Waals surface area (Å²) in [5.41, 5.74) is 1.47. The zero-order valence-electron chi connectivity index (χ0n) is 14.6. The molecule has 3 N–H and O–H groups in total. The molecule has 6 nitrogen and oxygen atoms in total. The molecular formula is C18H17F2N5OS. The van der Waals surface area contributed by atoms with Crippen molar-refractivity contribution in [3.8, 4) is 11.4 Å². The summed E-state index contributed by atoms with van der Waals surface area (Å²) < 4.78 is 27.9. The van der Waals surface area contributed by atoms with Gasteiger partial charge in [0.25, 0.3) is 0 Å². The van der Waals surface area contributed by atoms with Gasteiger partial charge in [0.1, 0.15) is 11.6 Å². The summed E-state index contributed by atoms with van der Waals surface area (Å²) in [6, 6.07) is 10.2. The van der Waals surface area contributed by atoms with Crippen LogP contribution in [0.15, 0.2) is 47.6 Å². The summed E-state index contributed by atoms with van der Waals surface area (Å²) in [6.45, 7) is 3.32. The summed E-state index contributed by atoms with van der Waals surface area (Å²) in [5.74, 6) is 5.28. The number of benzene rings is 2. The van der Waals surface area contributed by atoms with Crippen LogP contribution in [0.2, 0.25) is 0 Å². The molecule has 9 heteroatoms. The van der Waals surface area contributed by atoms with E-state index >= 15 is 0 Å². The van der Waals surface area contributed by atoms with Crippen molar-refractivity contribution >= 4 is 23.4 Å². The Bertz CT molecular complexity index is 974. The van der Waals surface area contributed by atoms with E-state index in [2.05, 4.69) is 15.5 Å². The van der Waals surface area contributed by atoms with Gasteiger partial charge in [-0.2, -0.15) is 0 Å². The summed E-state index contributed by atoms with van der Waals surface area (Å²) in [5, 5.41) is 10.4. The van der Waals surface area contributed by atoms with Crippen molar-refractivity contribution in [3.63, 3.8) is 0 Å². The van der Waals surface area contributed by atoms with E-state index < -0.39 is 11.1 Å². The number of nitrogens with one attached hydrogen (secondary N) is 1. The number of halogens is 2. The lowest BCUT2D eigenvalue weighted by Gasteiger charge is -2.12. The Labute approximate surface area is 158 Å². The number of thioether (sulfide) groups is 1. The normalized spacial score (nSPS) is 12.0. The van der Waals surface area contributed by atoms with E-state index in [9.17, 15) is 13.6 Å². The highest BCUT2D eigenvalue weighted by atomic mass is 32.2. The van der Waals surface area contributed by atoms with Crippen molar-refractivity contribution in [2.24, 2.45) is 0 Å². The van der Waals surface area contributed by atoms with Crippen molar-refractivity contribution in [2.75, 3.05) is 11.2 Å². The second-order valence-corrected chi connectivity index (χ2v) is 7.20. The fourth-order valence-electron chi connectivity index (χ4n) is 2.28. The number of aromatic nitrogens is 3. The van der Waals surface area contributed by atoms with Crippen molar-refractivity contribution in [1.82, 2.24) is 14.9 Å². The van der Waals surface area contributed by atoms with E-state index in [0.717, 1.165) is 11.8 Å². The highest BCUT2D eigenvalue weighted by Crippen LogP contribution is 2.25. The predicted molar refractivity (Wildman–Crippen MR) is 101 cm³/mol. The van der Waals surface area contributed by atoms with Gasteiger partial charge in [0.2, 0.25) is 11.1 Å². The third-order valence-electron chi connectivity index (χ3n) is 3.86. The maximum atomic E-state index is 13.6. The molecule has 0 unspecified atom stereocenters. The summed E-state index contributed by atoms with van der Waals surface area (Å²) in [4.78, 5) is 12.3. The lowest BCUT2D eigenvalue weighted by molar-refractivity contribution is -0.115. The minimum atomic E-state index is -0.554.